The van der Waals surface area contributed by atoms with Gasteiger partial charge in [0, 0.05) is 24.2 Å². The molecule has 0 unspecified atom stereocenters. The van der Waals surface area contributed by atoms with Gasteiger partial charge in [-0.05, 0) is 0 Å². The molecule has 1 nitrogen and oxygen atoms in total. The summed E-state index contributed by atoms with van der Waals surface area (Å²) in [5.74, 6) is 0. The van der Waals surface area contributed by atoms with Gasteiger partial charge in [0.25, 0.3) is 0 Å². The van der Waals surface area contributed by atoms with Gasteiger partial charge in [0.05, 0.1) is 0 Å². The third-order valence-corrected chi connectivity index (χ3v) is 0. The van der Waals surface area contributed by atoms with Crippen molar-refractivity contribution in [3.63, 3.8) is 0 Å². The van der Waals surface area contributed by atoms with Gasteiger partial charge in [-0.25, -0.2) is 0 Å². The second-order valence-corrected chi connectivity index (χ2v) is 0. The molecule has 0 aromatic carbocycles. The number of rotatable bonds is 0. The van der Waals surface area contributed by atoms with Gasteiger partial charge in [-0.2, -0.15) is 0 Å². The van der Waals surface area contributed by atoms with Crippen molar-refractivity contribution in [2.75, 3.05) is 7.11 Å². The van der Waals surface area contributed by atoms with E-state index in [0.29, 0.717) is 0 Å². The summed E-state index contributed by atoms with van der Waals surface area (Å²) in [5.41, 5.74) is 0. The number of aliphatic hydroxyl groups is 1. The van der Waals surface area contributed by atoms with Gasteiger partial charge >= 0.3 is 0 Å². The average Bonchev–Trinajstić information content (AvgIpc) is 1.00. The Kier molecular flexibility index (Phi) is 191. The molecule has 0 saturated carbocycles. The molecular weight excluding hydrogens is 171 g/mol. The van der Waals surface area contributed by atoms with Crippen molar-refractivity contribution in [1.29, 1.82) is 0 Å². The first-order valence-corrected chi connectivity index (χ1v) is 0.447. The molecule has 1 radical (unpaired) electrons. The largest absolute Gasteiger partial charge is 0.400 e. The second-order valence-electron chi connectivity index (χ2n) is 0. The van der Waals surface area contributed by atoms with Crippen LogP contribution < -0.4 is 0 Å². The van der Waals surface area contributed by atoms with Crippen LogP contribution in [0.5, 0.6) is 0 Å². The van der Waals surface area contributed by atoms with Crippen LogP contribution in [0, 0.1) is 0 Å². The first-order valence-electron chi connectivity index (χ1n) is 0.447. The van der Waals surface area contributed by atoms with E-state index in [9.17, 15) is 0 Å². The maximum atomic E-state index is 7.00. The van der Waals surface area contributed by atoms with Gasteiger partial charge in [0.15, 0.2) is 0 Å². The van der Waals surface area contributed by atoms with Crippen LogP contribution in [0.2, 0.25) is 0 Å². The minimum Gasteiger partial charge on any atom is -0.400 e. The van der Waals surface area contributed by atoms with Gasteiger partial charge in [-0.3, -0.25) is 0 Å². The number of hydrogen-bond acceptors (Lipinski definition) is 1. The molecule has 0 atom stereocenters. The van der Waals surface area contributed by atoms with E-state index in [1.54, 1.807) is 0 Å². The summed E-state index contributed by atoms with van der Waals surface area (Å²) in [6, 6.07) is 0. The first-order chi connectivity index (χ1) is 1.00. The van der Waals surface area contributed by atoms with Gasteiger partial charge in [-0.1, -0.05) is 0 Å². The van der Waals surface area contributed by atoms with Gasteiger partial charge in [0.1, 0.15) is 0 Å². The minimum atomic E-state index is 0. The number of aliphatic hydroxyl groups excluding tert-OH is 1. The molecule has 0 heterocycles. The molecule has 0 bridgehead atoms. The monoisotopic (exact) mass is 175 g/mol. The maximum Gasteiger partial charge on any atom is 0.0319 e. The Morgan fingerprint density at radius 1 is 1.25 bits per heavy atom. The number of hydrogen-bond donors (Lipinski definition) is 1. The van der Waals surface area contributed by atoms with Crippen LogP contribution in [0.3, 0.4) is 0 Å². The zero-order valence-electron chi connectivity index (χ0n) is 2.16. The van der Waals surface area contributed by atoms with Crippen LogP contribution in [-0.2, 0) is 17.1 Å². The Hall–Kier alpha value is 0.959. The van der Waals surface area contributed by atoms with Crippen molar-refractivity contribution in [2.45, 2.75) is 0 Å². The Bertz CT molecular complexity index is 8.00. The minimum absolute atomic E-state index is 0. The van der Waals surface area contributed by atoms with E-state index in [2.05, 4.69) is 0 Å². The Morgan fingerprint density at radius 3 is 1.25 bits per heavy atom. The Morgan fingerprint density at radius 2 is 1.25 bits per heavy atom. The van der Waals surface area contributed by atoms with Gasteiger partial charge < -0.3 is 5.11 Å². The van der Waals surface area contributed by atoms with Crippen molar-refractivity contribution >= 4 is 17.0 Å². The molecule has 0 aliphatic heterocycles. The van der Waals surface area contributed by atoms with E-state index >= 15 is 0 Å². The molecule has 0 aliphatic carbocycles. The fraction of sp³-hybridized carbons (Fsp3) is 1.00. The first kappa shape index (κ1) is 20.3. The molecule has 0 aliphatic rings. The molecule has 0 spiro atoms. The summed E-state index contributed by atoms with van der Waals surface area (Å²) >= 11 is 0. The van der Waals surface area contributed by atoms with Gasteiger partial charge in [0.2, 0.25) is 0 Å². The average molecular weight is 176 g/mol. The summed E-state index contributed by atoms with van der Waals surface area (Å²) in [7, 11) is 1.00. The summed E-state index contributed by atoms with van der Waals surface area (Å²) < 4.78 is 0. The maximum absolute atomic E-state index is 7.00. The standard InChI is InChI=1S/CH4O.BrH.Cu/c1-2;;/h2H,1H3;1H;. The van der Waals surface area contributed by atoms with Crippen molar-refractivity contribution in [2.24, 2.45) is 0 Å². The molecule has 33 valence electrons. The van der Waals surface area contributed by atoms with Crippen LogP contribution >= 0.6 is 17.0 Å². The van der Waals surface area contributed by atoms with Crippen LogP contribution in [0.15, 0.2) is 0 Å². The summed E-state index contributed by atoms with van der Waals surface area (Å²) in [5, 5.41) is 7.00. The number of halogens is 1. The van der Waals surface area contributed by atoms with Crippen LogP contribution in [-0.4, -0.2) is 12.2 Å². The molecule has 3 heteroatoms. The van der Waals surface area contributed by atoms with E-state index in [0.717, 1.165) is 7.11 Å². The molecular formula is CH5BrCuO. The van der Waals surface area contributed by atoms with E-state index in [4.69, 9.17) is 5.11 Å². The molecule has 0 fully saturated rings. The quantitative estimate of drug-likeness (QED) is 0.522. The second kappa shape index (κ2) is 37.7. The molecule has 1 N–H and O–H groups in total. The molecule has 0 rings (SSSR count). The third kappa shape index (κ3) is 12.3. The van der Waals surface area contributed by atoms with E-state index in [1.165, 1.54) is 0 Å². The summed E-state index contributed by atoms with van der Waals surface area (Å²) in [6.45, 7) is 0. The zero-order valence-corrected chi connectivity index (χ0v) is 4.81. The predicted molar refractivity (Wildman–Crippen MR) is 18.5 cm³/mol. The third-order valence-electron chi connectivity index (χ3n) is 0. The molecule has 4 heavy (non-hydrogen) atoms. The molecule has 0 saturated heterocycles. The Labute approximate surface area is 46.6 Å². The van der Waals surface area contributed by atoms with E-state index in [1.807, 2.05) is 0 Å². The SMILES string of the molecule is Br.CO.[Cu]. The summed E-state index contributed by atoms with van der Waals surface area (Å²) in [6.07, 6.45) is 0. The van der Waals surface area contributed by atoms with Crippen molar-refractivity contribution in [3.05, 3.63) is 0 Å². The molecule has 0 aromatic rings. The smallest absolute Gasteiger partial charge is 0.0319 e. The topological polar surface area (TPSA) is 20.2 Å². The zero-order chi connectivity index (χ0) is 2.00. The van der Waals surface area contributed by atoms with Crippen LogP contribution in [0.25, 0.3) is 0 Å². The van der Waals surface area contributed by atoms with Crippen molar-refractivity contribution < 1.29 is 22.2 Å². The molecule has 0 aromatic heterocycles. The fourth-order valence-electron chi connectivity index (χ4n) is 0. The normalized spacial score (nSPS) is 1.50. The molecule has 0 amide bonds. The van der Waals surface area contributed by atoms with Gasteiger partial charge in [-0.15, -0.1) is 17.0 Å². The van der Waals surface area contributed by atoms with E-state index in [-0.39, 0.29) is 34.1 Å². The van der Waals surface area contributed by atoms with Crippen LogP contribution in [0.1, 0.15) is 0 Å². The van der Waals surface area contributed by atoms with E-state index < -0.39 is 0 Å². The predicted octanol–water partition coefficient (Wildman–Crippen LogP) is 0.184. The van der Waals surface area contributed by atoms with Crippen molar-refractivity contribution in [1.82, 2.24) is 0 Å². The van der Waals surface area contributed by atoms with Crippen molar-refractivity contribution in [3.8, 4) is 0 Å². The van der Waals surface area contributed by atoms with Crippen LogP contribution in [0.4, 0.5) is 0 Å². The Balaban J connectivity index is -0.00000000500. The summed E-state index contributed by atoms with van der Waals surface area (Å²) in [4.78, 5) is 0. The fourth-order valence-corrected chi connectivity index (χ4v) is 0.